The Balaban J connectivity index is 1.79. The highest BCUT2D eigenvalue weighted by atomic mass is 35.5. The lowest BCUT2D eigenvalue weighted by atomic mass is 9.96. The number of halogens is 1. The van der Waals surface area contributed by atoms with Gasteiger partial charge in [0.1, 0.15) is 16.8 Å². The van der Waals surface area contributed by atoms with Crippen molar-refractivity contribution in [2.24, 2.45) is 4.99 Å². The summed E-state index contributed by atoms with van der Waals surface area (Å²) in [6.45, 7) is 2.51. The van der Waals surface area contributed by atoms with Gasteiger partial charge in [0.15, 0.2) is 6.10 Å². The second kappa shape index (κ2) is 7.23. The molecule has 2 aromatic rings. The smallest absolute Gasteiger partial charge is 0.262 e. The van der Waals surface area contributed by atoms with E-state index in [1.54, 1.807) is 18.0 Å². The van der Waals surface area contributed by atoms with Gasteiger partial charge in [0.2, 0.25) is 0 Å². The fourth-order valence-electron chi connectivity index (χ4n) is 3.41. The molecule has 0 aliphatic carbocycles. The Morgan fingerprint density at radius 3 is 3.00 bits per heavy atom. The number of carbonyl (C=O) groups excluding carboxylic acids is 1. The Kier molecular flexibility index (Phi) is 4.75. The highest BCUT2D eigenvalue weighted by molar-refractivity contribution is 6.31. The molecule has 1 aromatic carbocycles. The molecular weight excluding hydrogens is 378 g/mol. The number of aromatic nitrogens is 1. The summed E-state index contributed by atoms with van der Waals surface area (Å²) < 4.78 is 5.82. The number of fused-ring (bicyclic) bond motifs is 3. The highest BCUT2D eigenvalue weighted by Crippen LogP contribution is 2.34. The topological polar surface area (TPSA) is 90.6 Å². The molecule has 0 spiro atoms. The summed E-state index contributed by atoms with van der Waals surface area (Å²) in [7, 11) is 1.74. The molecule has 0 bridgehead atoms. The van der Waals surface area contributed by atoms with Gasteiger partial charge in [0.05, 0.1) is 23.7 Å². The van der Waals surface area contributed by atoms with Crippen molar-refractivity contribution in [3.63, 3.8) is 0 Å². The van der Waals surface area contributed by atoms with E-state index in [1.165, 1.54) is 6.20 Å². The van der Waals surface area contributed by atoms with Crippen LogP contribution in [0.25, 0.3) is 0 Å². The van der Waals surface area contributed by atoms with Crippen LogP contribution < -0.4 is 10.2 Å². The van der Waals surface area contributed by atoms with E-state index in [1.807, 2.05) is 25.1 Å². The first-order valence-electron chi connectivity index (χ1n) is 8.92. The van der Waals surface area contributed by atoms with Crippen molar-refractivity contribution >= 4 is 40.3 Å². The number of nitrogens with zero attached hydrogens (tertiary/aromatic N) is 4. The van der Waals surface area contributed by atoms with E-state index in [4.69, 9.17) is 21.3 Å². The Hall–Kier alpha value is -2.95. The molecule has 1 N–H and O–H groups in total. The van der Waals surface area contributed by atoms with Crippen LogP contribution in [0.3, 0.4) is 0 Å². The first-order chi connectivity index (χ1) is 13.5. The van der Waals surface area contributed by atoms with E-state index in [9.17, 15) is 10.1 Å². The Morgan fingerprint density at radius 2 is 2.21 bits per heavy atom. The normalized spacial score (nSPS) is 21.1. The van der Waals surface area contributed by atoms with Crippen molar-refractivity contribution in [2.75, 3.05) is 23.9 Å². The first kappa shape index (κ1) is 18.4. The third-order valence-corrected chi connectivity index (χ3v) is 5.20. The van der Waals surface area contributed by atoms with Crippen molar-refractivity contribution in [1.82, 2.24) is 4.98 Å². The van der Waals surface area contributed by atoms with E-state index < -0.39 is 6.10 Å². The van der Waals surface area contributed by atoms with Crippen LogP contribution in [0.4, 0.5) is 17.1 Å². The number of hydrogen-bond donors (Lipinski definition) is 1. The Morgan fingerprint density at radius 1 is 1.39 bits per heavy atom. The second-order valence-electron chi connectivity index (χ2n) is 6.79. The van der Waals surface area contributed by atoms with E-state index in [0.717, 1.165) is 23.4 Å². The number of carbonyl (C=O) groups is 1. The van der Waals surface area contributed by atoms with Gasteiger partial charge in [-0.2, -0.15) is 5.26 Å². The van der Waals surface area contributed by atoms with Gasteiger partial charge in [-0.1, -0.05) is 11.6 Å². The fraction of sp³-hybridized carbons (Fsp3) is 0.300. The molecule has 142 valence electrons. The molecule has 0 saturated carbocycles. The van der Waals surface area contributed by atoms with Gasteiger partial charge in [0.25, 0.3) is 5.91 Å². The molecule has 1 unspecified atom stereocenters. The number of benzene rings is 1. The lowest BCUT2D eigenvalue weighted by Gasteiger charge is -2.32. The summed E-state index contributed by atoms with van der Waals surface area (Å²) in [5, 5.41) is 12.7. The summed E-state index contributed by atoms with van der Waals surface area (Å²) in [6, 6.07) is 9.45. The third-order valence-electron chi connectivity index (χ3n) is 4.91. The van der Waals surface area contributed by atoms with Crippen LogP contribution in [-0.2, 0) is 9.53 Å². The summed E-state index contributed by atoms with van der Waals surface area (Å²) in [5.74, 6) is -0.117. The number of nitrogens with one attached hydrogen (secondary N) is 1. The molecule has 8 heteroatoms. The number of rotatable bonds is 2. The van der Waals surface area contributed by atoms with Crippen molar-refractivity contribution < 1.29 is 9.53 Å². The molecule has 28 heavy (non-hydrogen) atoms. The minimum atomic E-state index is -0.692. The quantitative estimate of drug-likeness (QED) is 0.788. The van der Waals surface area contributed by atoms with Crippen LogP contribution in [-0.4, -0.2) is 42.4 Å². The number of ether oxygens (including phenoxy) is 1. The summed E-state index contributed by atoms with van der Waals surface area (Å²) >= 11 is 6.02. The molecule has 0 radical (unpaired) electrons. The van der Waals surface area contributed by atoms with Crippen molar-refractivity contribution in [1.29, 1.82) is 5.26 Å². The molecule has 4 rings (SSSR count). The Labute approximate surface area is 167 Å². The third kappa shape index (κ3) is 3.11. The minimum Gasteiger partial charge on any atom is -0.362 e. The molecular formula is C20H18ClN5O2. The number of hydrogen-bond acceptors (Lipinski definition) is 6. The number of anilines is 3. The van der Waals surface area contributed by atoms with Crippen molar-refractivity contribution in [3.05, 3.63) is 46.7 Å². The summed E-state index contributed by atoms with van der Waals surface area (Å²) in [6.07, 6.45) is 1.62. The van der Waals surface area contributed by atoms with E-state index in [0.29, 0.717) is 18.0 Å². The van der Waals surface area contributed by atoms with Gasteiger partial charge >= 0.3 is 0 Å². The summed E-state index contributed by atoms with van der Waals surface area (Å²) in [5.41, 5.74) is 3.85. The zero-order chi connectivity index (χ0) is 19.8. The molecule has 7 nitrogen and oxygen atoms in total. The minimum absolute atomic E-state index is 0.0740. The average Bonchev–Trinajstić information content (AvgIpc) is 2.88. The van der Waals surface area contributed by atoms with E-state index >= 15 is 0 Å². The van der Waals surface area contributed by atoms with Gasteiger partial charge in [-0.05, 0) is 37.6 Å². The number of amides is 1. The largest absolute Gasteiger partial charge is 0.362 e. The predicted molar refractivity (Wildman–Crippen MR) is 107 cm³/mol. The van der Waals surface area contributed by atoms with Gasteiger partial charge in [0, 0.05) is 30.5 Å². The molecule has 0 fully saturated rings. The van der Waals surface area contributed by atoms with Gasteiger partial charge < -0.3 is 15.0 Å². The Bertz CT molecular complexity index is 1030. The maximum Gasteiger partial charge on any atom is 0.262 e. The zero-order valence-electron chi connectivity index (χ0n) is 15.4. The maximum absolute atomic E-state index is 12.7. The zero-order valence-corrected chi connectivity index (χ0v) is 16.2. The molecule has 3 heterocycles. The number of likely N-dealkylation sites (N-methyl/N-ethyl adjacent to an activating group) is 1. The molecule has 2 atom stereocenters. The molecule has 2 aliphatic heterocycles. The fourth-order valence-corrected chi connectivity index (χ4v) is 3.61. The summed E-state index contributed by atoms with van der Waals surface area (Å²) in [4.78, 5) is 23.0. The predicted octanol–water partition coefficient (Wildman–Crippen LogP) is 3.29. The number of pyridine rings is 1. The molecule has 2 aliphatic rings. The SMILES string of the molecule is C[C@H]1CCOC2C(=O)N(C)c3ccc(Nc4ccnc(Cl)c4C#N)cc3C2=N1. The van der Waals surface area contributed by atoms with E-state index in [-0.39, 0.29) is 22.7 Å². The first-order valence-corrected chi connectivity index (χ1v) is 9.30. The van der Waals surface area contributed by atoms with Crippen molar-refractivity contribution in [3.8, 4) is 6.07 Å². The number of nitriles is 1. The molecule has 0 saturated heterocycles. The lowest BCUT2D eigenvalue weighted by Crippen LogP contribution is -2.47. The van der Waals surface area contributed by atoms with Crippen LogP contribution in [0, 0.1) is 11.3 Å². The standard InChI is InChI=1S/C20H18ClN5O2/c1-11-6-8-28-18-17(24-11)13-9-12(3-4-16(13)26(2)20(18)27)25-15-5-7-23-19(21)14(15)10-22/h3-5,7,9,11,18H,6,8H2,1-2H3,(H,23,25)/t11-,18?/m0/s1. The van der Waals surface area contributed by atoms with Crippen LogP contribution in [0.5, 0.6) is 0 Å². The average molecular weight is 396 g/mol. The van der Waals surface area contributed by atoms with Crippen LogP contribution in [0.15, 0.2) is 35.5 Å². The monoisotopic (exact) mass is 395 g/mol. The van der Waals surface area contributed by atoms with Gasteiger partial charge in [-0.15, -0.1) is 0 Å². The van der Waals surface area contributed by atoms with Crippen LogP contribution in [0.1, 0.15) is 24.5 Å². The van der Waals surface area contributed by atoms with Crippen molar-refractivity contribution in [2.45, 2.75) is 25.5 Å². The van der Waals surface area contributed by atoms with Gasteiger partial charge in [-0.25, -0.2) is 4.98 Å². The molecule has 1 aromatic heterocycles. The lowest BCUT2D eigenvalue weighted by molar-refractivity contribution is -0.126. The van der Waals surface area contributed by atoms with E-state index in [2.05, 4.69) is 16.4 Å². The maximum atomic E-state index is 12.7. The second-order valence-corrected chi connectivity index (χ2v) is 7.15. The van der Waals surface area contributed by atoms with Crippen LogP contribution in [0.2, 0.25) is 5.15 Å². The molecule has 1 amide bonds. The number of aliphatic imine (C=N–C) groups is 1. The highest BCUT2D eigenvalue weighted by Gasteiger charge is 2.38. The van der Waals surface area contributed by atoms with Gasteiger partial charge in [-0.3, -0.25) is 9.79 Å². The van der Waals surface area contributed by atoms with Crippen LogP contribution >= 0.6 is 11.6 Å².